The van der Waals surface area contributed by atoms with E-state index in [0.29, 0.717) is 25.1 Å². The van der Waals surface area contributed by atoms with Gasteiger partial charge in [-0.1, -0.05) is 30.3 Å². The van der Waals surface area contributed by atoms with E-state index >= 15 is 0 Å². The maximum absolute atomic E-state index is 12.2. The van der Waals surface area contributed by atoms with Crippen molar-refractivity contribution in [3.63, 3.8) is 0 Å². The fraction of sp³-hybridized carbons (Fsp3) is 0.263. The third-order valence-electron chi connectivity index (χ3n) is 3.65. The third-order valence-corrected chi connectivity index (χ3v) is 3.65. The number of urea groups is 1. The van der Waals surface area contributed by atoms with Gasteiger partial charge >= 0.3 is 12.0 Å². The van der Waals surface area contributed by atoms with Gasteiger partial charge in [0.2, 0.25) is 0 Å². The highest BCUT2D eigenvalue weighted by Gasteiger charge is 2.07. The van der Waals surface area contributed by atoms with Crippen molar-refractivity contribution in [3.8, 4) is 0 Å². The number of amides is 2. The number of carbonyl (C=O) groups excluding carboxylic acids is 1. The fourth-order valence-electron chi connectivity index (χ4n) is 2.41. The quantitative estimate of drug-likeness (QED) is 0.685. The van der Waals surface area contributed by atoms with Crippen molar-refractivity contribution in [2.45, 2.75) is 19.3 Å². The Morgan fingerprint density at radius 3 is 2.60 bits per heavy atom. The zero-order valence-corrected chi connectivity index (χ0v) is 14.1. The van der Waals surface area contributed by atoms with Crippen molar-refractivity contribution >= 4 is 23.4 Å². The number of methoxy groups -OCH3 is 1. The summed E-state index contributed by atoms with van der Waals surface area (Å²) in [6, 6.07) is 14.4. The number of benzene rings is 2. The first kappa shape index (κ1) is 18.5. The molecule has 0 unspecified atom stereocenters. The summed E-state index contributed by atoms with van der Waals surface area (Å²) < 4.78 is 5.08. The molecule has 2 aromatic rings. The molecule has 0 fully saturated rings. The van der Waals surface area contributed by atoms with E-state index in [1.54, 1.807) is 25.3 Å². The molecule has 2 aromatic carbocycles. The Morgan fingerprint density at radius 2 is 1.84 bits per heavy atom. The smallest absolute Gasteiger partial charge is 0.323 e. The number of aryl methyl sites for hydroxylation is 1. The summed E-state index contributed by atoms with van der Waals surface area (Å²) in [5.41, 5.74) is 3.21. The van der Waals surface area contributed by atoms with Gasteiger partial charge < -0.3 is 20.5 Å². The van der Waals surface area contributed by atoms with Crippen molar-refractivity contribution in [2.75, 3.05) is 24.4 Å². The lowest BCUT2D eigenvalue weighted by molar-refractivity contribution is -0.136. The van der Waals surface area contributed by atoms with E-state index in [1.165, 1.54) is 0 Å². The van der Waals surface area contributed by atoms with Crippen LogP contribution in [0.4, 0.5) is 16.2 Å². The van der Waals surface area contributed by atoms with Crippen molar-refractivity contribution < 1.29 is 19.4 Å². The lowest BCUT2D eigenvalue weighted by Crippen LogP contribution is -2.20. The van der Waals surface area contributed by atoms with Gasteiger partial charge in [-0.2, -0.15) is 0 Å². The third kappa shape index (κ3) is 6.27. The molecular formula is C19H22N2O4. The molecule has 0 aromatic heterocycles. The Hall–Kier alpha value is -2.86. The van der Waals surface area contributed by atoms with Gasteiger partial charge in [0.1, 0.15) is 0 Å². The van der Waals surface area contributed by atoms with Crippen LogP contribution in [0, 0.1) is 0 Å². The van der Waals surface area contributed by atoms with Crippen LogP contribution in [0.5, 0.6) is 0 Å². The number of carbonyl (C=O) groups is 2. The Kier molecular flexibility index (Phi) is 6.98. The van der Waals surface area contributed by atoms with Gasteiger partial charge in [0, 0.05) is 24.9 Å². The minimum Gasteiger partial charge on any atom is -0.481 e. The SMILES string of the molecule is COCCc1ccccc1NC(=O)Nc1cccc(CCC(=O)O)c1. The molecule has 2 amide bonds. The zero-order valence-electron chi connectivity index (χ0n) is 14.1. The molecule has 2 rings (SSSR count). The number of hydrogen-bond donors (Lipinski definition) is 3. The first-order valence-electron chi connectivity index (χ1n) is 8.04. The van der Waals surface area contributed by atoms with Gasteiger partial charge in [-0.05, 0) is 42.2 Å². The molecular weight excluding hydrogens is 320 g/mol. The number of para-hydroxylation sites is 1. The largest absolute Gasteiger partial charge is 0.481 e. The first-order valence-corrected chi connectivity index (χ1v) is 8.04. The maximum atomic E-state index is 12.2. The minimum absolute atomic E-state index is 0.0581. The van der Waals surface area contributed by atoms with Crippen LogP contribution in [-0.4, -0.2) is 30.8 Å². The number of hydrogen-bond acceptors (Lipinski definition) is 3. The summed E-state index contributed by atoms with van der Waals surface area (Å²) in [6.45, 7) is 0.575. The molecule has 0 radical (unpaired) electrons. The van der Waals surface area contributed by atoms with E-state index in [-0.39, 0.29) is 12.5 Å². The number of aliphatic carboxylic acids is 1. The van der Waals surface area contributed by atoms with Gasteiger partial charge in [-0.3, -0.25) is 4.79 Å². The van der Waals surface area contributed by atoms with Crippen LogP contribution in [0.15, 0.2) is 48.5 Å². The number of ether oxygens (including phenoxy) is 1. The second kappa shape index (κ2) is 9.44. The van der Waals surface area contributed by atoms with E-state index in [0.717, 1.165) is 16.8 Å². The van der Waals surface area contributed by atoms with Crippen LogP contribution >= 0.6 is 0 Å². The van der Waals surface area contributed by atoms with Crippen molar-refractivity contribution in [2.24, 2.45) is 0 Å². The van der Waals surface area contributed by atoms with Crippen LogP contribution < -0.4 is 10.6 Å². The second-order valence-electron chi connectivity index (χ2n) is 5.57. The number of rotatable bonds is 8. The molecule has 3 N–H and O–H groups in total. The predicted molar refractivity (Wildman–Crippen MR) is 97.1 cm³/mol. The summed E-state index contributed by atoms with van der Waals surface area (Å²) in [7, 11) is 1.64. The van der Waals surface area contributed by atoms with E-state index in [4.69, 9.17) is 9.84 Å². The van der Waals surface area contributed by atoms with Gasteiger partial charge in [0.05, 0.1) is 6.61 Å². The number of carboxylic acids is 1. The molecule has 0 saturated heterocycles. The molecule has 0 atom stereocenters. The second-order valence-corrected chi connectivity index (χ2v) is 5.57. The first-order chi connectivity index (χ1) is 12.1. The van der Waals surface area contributed by atoms with Crippen molar-refractivity contribution in [1.82, 2.24) is 0 Å². The van der Waals surface area contributed by atoms with Gasteiger partial charge in [-0.25, -0.2) is 4.79 Å². The Labute approximate surface area is 146 Å². The normalized spacial score (nSPS) is 10.3. The van der Waals surface area contributed by atoms with Gasteiger partial charge in [0.25, 0.3) is 0 Å². The van der Waals surface area contributed by atoms with E-state index in [2.05, 4.69) is 10.6 Å². The molecule has 0 aliphatic carbocycles. The standard InChI is InChI=1S/C19H22N2O4/c1-25-12-11-15-6-2-3-8-17(15)21-19(24)20-16-7-4-5-14(13-16)9-10-18(22)23/h2-8,13H,9-12H2,1H3,(H,22,23)(H2,20,21,24). The number of anilines is 2. The minimum atomic E-state index is -0.844. The zero-order chi connectivity index (χ0) is 18.1. The van der Waals surface area contributed by atoms with Crippen LogP contribution in [-0.2, 0) is 22.4 Å². The summed E-state index contributed by atoms with van der Waals surface area (Å²) >= 11 is 0. The van der Waals surface area contributed by atoms with E-state index in [1.807, 2.05) is 30.3 Å². The molecule has 0 heterocycles. The highest BCUT2D eigenvalue weighted by molar-refractivity contribution is 6.00. The lowest BCUT2D eigenvalue weighted by Gasteiger charge is -2.12. The Bertz CT molecular complexity index is 731. The molecule has 0 saturated carbocycles. The van der Waals surface area contributed by atoms with Crippen LogP contribution in [0.3, 0.4) is 0 Å². The number of carboxylic acid groups (broad SMARTS) is 1. The molecule has 6 nitrogen and oxygen atoms in total. The molecule has 0 aliphatic heterocycles. The topological polar surface area (TPSA) is 87.7 Å². The summed E-state index contributed by atoms with van der Waals surface area (Å²) in [4.78, 5) is 22.9. The molecule has 25 heavy (non-hydrogen) atoms. The van der Waals surface area contributed by atoms with E-state index in [9.17, 15) is 9.59 Å². The van der Waals surface area contributed by atoms with Crippen molar-refractivity contribution in [1.29, 1.82) is 0 Å². The molecule has 0 spiro atoms. The van der Waals surface area contributed by atoms with Crippen LogP contribution in [0.1, 0.15) is 17.5 Å². The summed E-state index contributed by atoms with van der Waals surface area (Å²) in [5, 5.41) is 14.4. The molecule has 0 aliphatic rings. The van der Waals surface area contributed by atoms with Gasteiger partial charge in [-0.15, -0.1) is 0 Å². The maximum Gasteiger partial charge on any atom is 0.323 e. The fourth-order valence-corrected chi connectivity index (χ4v) is 2.41. The Balaban J connectivity index is 1.98. The monoisotopic (exact) mass is 342 g/mol. The average molecular weight is 342 g/mol. The van der Waals surface area contributed by atoms with Crippen LogP contribution in [0.2, 0.25) is 0 Å². The molecule has 0 bridgehead atoms. The van der Waals surface area contributed by atoms with Gasteiger partial charge in [0.15, 0.2) is 0 Å². The van der Waals surface area contributed by atoms with Crippen molar-refractivity contribution in [3.05, 3.63) is 59.7 Å². The lowest BCUT2D eigenvalue weighted by atomic mass is 10.1. The summed E-state index contributed by atoms with van der Waals surface area (Å²) in [5.74, 6) is -0.844. The molecule has 6 heteroatoms. The summed E-state index contributed by atoms with van der Waals surface area (Å²) in [6.07, 6.45) is 1.19. The highest BCUT2D eigenvalue weighted by atomic mass is 16.5. The highest BCUT2D eigenvalue weighted by Crippen LogP contribution is 2.17. The number of nitrogens with one attached hydrogen (secondary N) is 2. The Morgan fingerprint density at radius 1 is 1.04 bits per heavy atom. The molecule has 132 valence electrons. The average Bonchev–Trinajstić information content (AvgIpc) is 2.59. The van der Waals surface area contributed by atoms with E-state index < -0.39 is 5.97 Å². The van der Waals surface area contributed by atoms with Crippen LogP contribution in [0.25, 0.3) is 0 Å². The predicted octanol–water partition coefficient (Wildman–Crippen LogP) is 3.54.